The lowest BCUT2D eigenvalue weighted by Crippen LogP contribution is -2.20. The van der Waals surface area contributed by atoms with Gasteiger partial charge < -0.3 is 0 Å². The van der Waals surface area contributed by atoms with E-state index in [-0.39, 0.29) is 11.6 Å². The molecule has 0 aromatic rings. The van der Waals surface area contributed by atoms with Crippen molar-refractivity contribution in [3.05, 3.63) is 33.9 Å². The second kappa shape index (κ2) is 6.85. The van der Waals surface area contributed by atoms with E-state index in [1.807, 2.05) is 13.0 Å². The van der Waals surface area contributed by atoms with Gasteiger partial charge in [0.15, 0.2) is 11.6 Å². The van der Waals surface area contributed by atoms with Gasteiger partial charge in [0, 0.05) is 28.2 Å². The molecule has 1 rings (SSSR count). The predicted octanol–water partition coefficient (Wildman–Crippen LogP) is 4.15. The maximum absolute atomic E-state index is 12.2. The van der Waals surface area contributed by atoms with E-state index < -0.39 is 0 Å². The second-order valence-corrected chi connectivity index (χ2v) is 5.44. The Morgan fingerprint density at radius 3 is 2.21 bits per heavy atom. The molecule has 3 heteroatoms. The molecule has 0 saturated carbocycles. The van der Waals surface area contributed by atoms with Crippen LogP contribution < -0.4 is 0 Å². The summed E-state index contributed by atoms with van der Waals surface area (Å²) in [5.74, 6) is 0.653. The number of hydrogen-bond donors (Lipinski definition) is 0. The normalized spacial score (nSPS) is 17.6. The van der Waals surface area contributed by atoms with Crippen molar-refractivity contribution < 1.29 is 9.59 Å². The van der Waals surface area contributed by atoms with Crippen molar-refractivity contribution in [3.8, 4) is 0 Å². The van der Waals surface area contributed by atoms with Gasteiger partial charge in [-0.1, -0.05) is 11.6 Å². The number of hydrogen-bond acceptors (Lipinski definition) is 2. The Morgan fingerprint density at radius 1 is 1.05 bits per heavy atom. The minimum Gasteiger partial charge on any atom is -0.289 e. The molecular weight excluding hydrogens is 260 g/mol. The third kappa shape index (κ3) is 3.66. The number of halogens is 1. The zero-order chi connectivity index (χ0) is 14.6. The van der Waals surface area contributed by atoms with Crippen LogP contribution in [-0.4, -0.2) is 17.4 Å². The van der Waals surface area contributed by atoms with Crippen LogP contribution in [0.5, 0.6) is 0 Å². The Hall–Kier alpha value is -1.15. The fourth-order valence-electron chi connectivity index (χ4n) is 2.13. The Labute approximate surface area is 120 Å². The molecule has 0 N–H and O–H groups in total. The SMILES string of the molecule is CC(=CCC1=C(C)C(=O)C(C)=C(C)C1=O)CCCCl. The van der Waals surface area contributed by atoms with Gasteiger partial charge >= 0.3 is 0 Å². The number of carbonyl (C=O) groups excluding carboxylic acids is 2. The summed E-state index contributed by atoms with van der Waals surface area (Å²) in [7, 11) is 0. The third-order valence-electron chi connectivity index (χ3n) is 3.67. The zero-order valence-corrected chi connectivity index (χ0v) is 12.9. The molecule has 1 aliphatic rings. The van der Waals surface area contributed by atoms with Gasteiger partial charge in [-0.15, -0.1) is 11.6 Å². The van der Waals surface area contributed by atoms with Gasteiger partial charge in [0.05, 0.1) is 0 Å². The molecular formula is C16H21ClO2. The van der Waals surface area contributed by atoms with E-state index in [0.717, 1.165) is 12.8 Å². The van der Waals surface area contributed by atoms with Crippen LogP contribution in [0.4, 0.5) is 0 Å². The Morgan fingerprint density at radius 2 is 1.63 bits per heavy atom. The van der Waals surface area contributed by atoms with E-state index in [4.69, 9.17) is 11.6 Å². The summed E-state index contributed by atoms with van der Waals surface area (Å²) in [6.45, 7) is 7.22. The molecule has 0 aromatic carbocycles. The summed E-state index contributed by atoms with van der Waals surface area (Å²) in [4.78, 5) is 24.2. The maximum Gasteiger partial charge on any atom is 0.185 e. The lowest BCUT2D eigenvalue weighted by molar-refractivity contribution is -0.116. The molecule has 0 aromatic heterocycles. The highest BCUT2D eigenvalue weighted by Crippen LogP contribution is 2.26. The van der Waals surface area contributed by atoms with Crippen molar-refractivity contribution in [3.63, 3.8) is 0 Å². The molecule has 19 heavy (non-hydrogen) atoms. The van der Waals surface area contributed by atoms with Gasteiger partial charge in [0.1, 0.15) is 0 Å². The van der Waals surface area contributed by atoms with E-state index in [9.17, 15) is 9.59 Å². The molecule has 0 saturated heterocycles. The predicted molar refractivity (Wildman–Crippen MR) is 79.4 cm³/mol. The average Bonchev–Trinajstić information content (AvgIpc) is 2.40. The first-order valence-electron chi connectivity index (χ1n) is 6.58. The number of Topliss-reactive ketones (excluding diaryl/α,β-unsaturated/α-hetero) is 2. The Bertz CT molecular complexity index is 493. The van der Waals surface area contributed by atoms with Gasteiger partial charge in [0.2, 0.25) is 0 Å². The highest BCUT2D eigenvalue weighted by molar-refractivity contribution is 6.24. The van der Waals surface area contributed by atoms with Crippen LogP contribution in [-0.2, 0) is 9.59 Å². The first-order chi connectivity index (χ1) is 8.90. The van der Waals surface area contributed by atoms with E-state index in [1.54, 1.807) is 20.8 Å². The standard InChI is InChI=1S/C16H21ClO2/c1-10(6-5-9-17)7-8-14-13(4)15(18)11(2)12(3)16(14)19/h7H,5-6,8-9H2,1-4H3. The first kappa shape index (κ1) is 15.9. The summed E-state index contributed by atoms with van der Waals surface area (Å²) < 4.78 is 0. The van der Waals surface area contributed by atoms with Crippen molar-refractivity contribution in [2.45, 2.75) is 47.0 Å². The second-order valence-electron chi connectivity index (χ2n) is 5.06. The van der Waals surface area contributed by atoms with Crippen LogP contribution in [0.15, 0.2) is 33.9 Å². The molecule has 0 heterocycles. The van der Waals surface area contributed by atoms with Crippen molar-refractivity contribution in [1.82, 2.24) is 0 Å². The maximum atomic E-state index is 12.2. The van der Waals surface area contributed by atoms with E-state index >= 15 is 0 Å². The smallest absolute Gasteiger partial charge is 0.185 e. The molecule has 0 radical (unpaired) electrons. The minimum absolute atomic E-state index is 0.00101. The van der Waals surface area contributed by atoms with Gasteiger partial charge in [-0.05, 0) is 47.0 Å². The molecule has 0 bridgehead atoms. The summed E-state index contributed by atoms with van der Waals surface area (Å²) in [6, 6.07) is 0. The van der Waals surface area contributed by atoms with Crippen LogP contribution in [0, 0.1) is 0 Å². The van der Waals surface area contributed by atoms with Crippen molar-refractivity contribution in [2.24, 2.45) is 0 Å². The van der Waals surface area contributed by atoms with Crippen LogP contribution in [0.3, 0.4) is 0 Å². The largest absolute Gasteiger partial charge is 0.289 e. The number of rotatable bonds is 5. The van der Waals surface area contributed by atoms with Crippen LogP contribution in [0.25, 0.3) is 0 Å². The molecule has 2 nitrogen and oxygen atoms in total. The fourth-order valence-corrected chi connectivity index (χ4v) is 2.26. The van der Waals surface area contributed by atoms with Gasteiger partial charge in [-0.2, -0.15) is 0 Å². The van der Waals surface area contributed by atoms with Gasteiger partial charge in [-0.25, -0.2) is 0 Å². The molecule has 0 unspecified atom stereocenters. The van der Waals surface area contributed by atoms with Crippen LogP contribution >= 0.6 is 11.6 Å². The van der Waals surface area contributed by atoms with Gasteiger partial charge in [-0.3, -0.25) is 9.59 Å². The number of alkyl halides is 1. The number of allylic oxidation sites excluding steroid dienone is 6. The molecule has 0 amide bonds. The van der Waals surface area contributed by atoms with E-state index in [1.165, 1.54) is 5.57 Å². The summed E-state index contributed by atoms with van der Waals surface area (Å²) in [5, 5.41) is 0. The van der Waals surface area contributed by atoms with Crippen molar-refractivity contribution in [1.29, 1.82) is 0 Å². The topological polar surface area (TPSA) is 34.1 Å². The van der Waals surface area contributed by atoms with E-state index in [2.05, 4.69) is 0 Å². The Kier molecular flexibility index (Phi) is 5.74. The highest BCUT2D eigenvalue weighted by atomic mass is 35.5. The Balaban J connectivity index is 2.89. The lowest BCUT2D eigenvalue weighted by Gasteiger charge is -2.17. The third-order valence-corrected chi connectivity index (χ3v) is 3.94. The van der Waals surface area contributed by atoms with E-state index in [0.29, 0.717) is 34.6 Å². The summed E-state index contributed by atoms with van der Waals surface area (Å²) >= 11 is 5.65. The van der Waals surface area contributed by atoms with Crippen molar-refractivity contribution in [2.75, 3.05) is 5.88 Å². The molecule has 0 spiro atoms. The highest BCUT2D eigenvalue weighted by Gasteiger charge is 2.26. The summed E-state index contributed by atoms with van der Waals surface area (Å²) in [6.07, 6.45) is 4.44. The van der Waals surface area contributed by atoms with Gasteiger partial charge in [0.25, 0.3) is 0 Å². The zero-order valence-electron chi connectivity index (χ0n) is 12.1. The quantitative estimate of drug-likeness (QED) is 0.431. The van der Waals surface area contributed by atoms with Crippen molar-refractivity contribution >= 4 is 23.2 Å². The molecule has 0 atom stereocenters. The molecule has 1 aliphatic carbocycles. The minimum atomic E-state index is -0.00101. The molecule has 0 aliphatic heterocycles. The lowest BCUT2D eigenvalue weighted by atomic mass is 9.84. The average molecular weight is 281 g/mol. The number of carbonyl (C=O) groups is 2. The monoisotopic (exact) mass is 280 g/mol. The number of ketones is 2. The van der Waals surface area contributed by atoms with Crippen LogP contribution in [0.1, 0.15) is 47.0 Å². The first-order valence-corrected chi connectivity index (χ1v) is 7.11. The fraction of sp³-hybridized carbons (Fsp3) is 0.500. The summed E-state index contributed by atoms with van der Waals surface area (Å²) in [5.41, 5.74) is 3.60. The van der Waals surface area contributed by atoms with Crippen LogP contribution in [0.2, 0.25) is 0 Å². The molecule has 104 valence electrons. The molecule has 0 fully saturated rings.